The highest BCUT2D eigenvalue weighted by Crippen LogP contribution is 2.48. The maximum absolute atomic E-state index is 12.5. The van der Waals surface area contributed by atoms with E-state index in [-0.39, 0.29) is 33.0 Å². The molecule has 1 amide bonds. The smallest absolute Gasteiger partial charge is 0.308 e. The van der Waals surface area contributed by atoms with Gasteiger partial charge in [-0.15, -0.1) is 5.10 Å². The van der Waals surface area contributed by atoms with Crippen LogP contribution < -0.4 is 9.47 Å². The maximum Gasteiger partial charge on any atom is 0.308 e. The van der Waals surface area contributed by atoms with Crippen molar-refractivity contribution in [1.29, 1.82) is 0 Å². The quantitative estimate of drug-likeness (QED) is 0.379. The van der Waals surface area contributed by atoms with Gasteiger partial charge in [-0.2, -0.15) is 5.01 Å². The lowest BCUT2D eigenvalue weighted by molar-refractivity contribution is -0.135. The van der Waals surface area contributed by atoms with Crippen molar-refractivity contribution in [2.75, 3.05) is 7.11 Å². The zero-order valence-corrected chi connectivity index (χ0v) is 18.9. The predicted octanol–water partition coefficient (Wildman–Crippen LogP) is 5.32. The van der Waals surface area contributed by atoms with E-state index in [1.165, 1.54) is 27.0 Å². The second-order valence-electron chi connectivity index (χ2n) is 6.98. The molecule has 3 aromatic carbocycles. The number of rotatable bonds is 4. The number of carbonyl (C=O) groups excluding carboxylic acids is 2. The molecule has 0 bridgehead atoms. The van der Waals surface area contributed by atoms with Gasteiger partial charge in [0.15, 0.2) is 11.5 Å². The molecule has 0 N–H and O–H groups in total. The number of esters is 1. The van der Waals surface area contributed by atoms with Gasteiger partial charge in [0, 0.05) is 25.5 Å². The molecule has 1 heterocycles. The third-order valence-electron chi connectivity index (χ3n) is 4.87. The number of methoxy groups -OCH3 is 1. The monoisotopic (exact) mass is 472 g/mol. The summed E-state index contributed by atoms with van der Waals surface area (Å²) in [6.45, 7) is 2.58. The predicted molar refractivity (Wildman–Crippen MR) is 121 cm³/mol. The molecule has 0 aromatic heterocycles. The lowest BCUT2D eigenvalue weighted by Gasteiger charge is -2.24. The van der Waals surface area contributed by atoms with E-state index in [9.17, 15) is 9.59 Å². The van der Waals surface area contributed by atoms with Gasteiger partial charge in [-0.25, -0.2) is 0 Å². The number of halogens is 2. The van der Waals surface area contributed by atoms with Crippen molar-refractivity contribution >= 4 is 51.7 Å². The molecule has 4 rings (SSSR count). The summed E-state index contributed by atoms with van der Waals surface area (Å²) in [5.74, 6) is -0.638. The largest absolute Gasteiger partial charge is 0.493 e. The van der Waals surface area contributed by atoms with Gasteiger partial charge in [-0.1, -0.05) is 59.6 Å². The Kier molecular flexibility index (Phi) is 5.95. The molecule has 0 saturated heterocycles. The molecule has 1 aliphatic heterocycles. The highest BCUT2D eigenvalue weighted by Gasteiger charge is 2.39. The fraction of sp³-hybridized carbons (Fsp3) is 0.174. The molecule has 9 heteroatoms. The van der Waals surface area contributed by atoms with Crippen LogP contribution in [0.15, 0.2) is 53.6 Å². The second-order valence-corrected chi connectivity index (χ2v) is 7.76. The minimum absolute atomic E-state index is 0.0000183. The maximum atomic E-state index is 12.5. The van der Waals surface area contributed by atoms with Gasteiger partial charge in [-0.05, 0) is 16.8 Å². The van der Waals surface area contributed by atoms with Gasteiger partial charge in [-0.3, -0.25) is 9.59 Å². The van der Waals surface area contributed by atoms with Gasteiger partial charge >= 0.3 is 5.97 Å². The van der Waals surface area contributed by atoms with Crippen LogP contribution in [-0.4, -0.2) is 29.9 Å². The van der Waals surface area contributed by atoms with E-state index >= 15 is 0 Å². The Labute approximate surface area is 194 Å². The van der Waals surface area contributed by atoms with Gasteiger partial charge in [0.1, 0.15) is 0 Å². The molecule has 32 heavy (non-hydrogen) atoms. The van der Waals surface area contributed by atoms with Crippen molar-refractivity contribution in [1.82, 2.24) is 5.01 Å². The Morgan fingerprint density at radius 3 is 2.50 bits per heavy atom. The van der Waals surface area contributed by atoms with Gasteiger partial charge in [0.2, 0.25) is 18.0 Å². The number of hydrogen-bond acceptors (Lipinski definition) is 6. The van der Waals surface area contributed by atoms with Crippen LogP contribution in [0, 0.1) is 0 Å². The Bertz CT molecular complexity index is 1270. The first-order valence-electron chi connectivity index (χ1n) is 9.59. The first-order valence-corrected chi connectivity index (χ1v) is 10.3. The van der Waals surface area contributed by atoms with Crippen LogP contribution in [0.2, 0.25) is 10.0 Å². The summed E-state index contributed by atoms with van der Waals surface area (Å²) >= 11 is 12.8. The summed E-state index contributed by atoms with van der Waals surface area (Å²) in [5.41, 5.74) is 0.844. The van der Waals surface area contributed by atoms with Crippen LogP contribution in [-0.2, 0) is 14.3 Å². The summed E-state index contributed by atoms with van der Waals surface area (Å²) < 4.78 is 16.8. The number of ether oxygens (including phenoxy) is 3. The molecule has 7 nitrogen and oxygen atoms in total. The number of nitrogens with zero attached hydrogens (tertiary/aromatic N) is 2. The van der Waals surface area contributed by atoms with E-state index in [2.05, 4.69) is 5.10 Å². The van der Waals surface area contributed by atoms with Gasteiger partial charge in [0.05, 0.1) is 22.7 Å². The molecular weight excluding hydrogens is 455 g/mol. The lowest BCUT2D eigenvalue weighted by atomic mass is 10.0. The van der Waals surface area contributed by atoms with E-state index in [0.29, 0.717) is 5.56 Å². The summed E-state index contributed by atoms with van der Waals surface area (Å²) in [6.07, 6.45) is -1.13. The van der Waals surface area contributed by atoms with E-state index in [4.69, 9.17) is 37.4 Å². The second kappa shape index (κ2) is 8.68. The molecule has 0 spiro atoms. The number of fused-ring (bicyclic) bond motifs is 1. The molecule has 0 radical (unpaired) electrons. The summed E-state index contributed by atoms with van der Waals surface area (Å²) in [4.78, 5) is 24.3. The number of amides is 1. The summed E-state index contributed by atoms with van der Waals surface area (Å²) in [5, 5.41) is 7.60. The topological polar surface area (TPSA) is 77.4 Å². The first-order chi connectivity index (χ1) is 15.3. The van der Waals surface area contributed by atoms with E-state index in [1.807, 2.05) is 42.5 Å². The van der Waals surface area contributed by atoms with Crippen molar-refractivity contribution < 1.29 is 23.8 Å². The standard InChI is InChI=1S/C23H18Cl2N2O5/c1-12(28)27-23(19-20(25)17(24)11-18(30-3)21(19)31-13(2)29)32-22(26-27)16-10-6-8-14-7-4-5-9-15(14)16/h4-11,23H,1-3H3. The molecule has 1 aliphatic rings. The van der Waals surface area contributed by atoms with Crippen LogP contribution in [0.3, 0.4) is 0 Å². The molecule has 0 fully saturated rings. The fourth-order valence-corrected chi connectivity index (χ4v) is 3.94. The van der Waals surface area contributed by atoms with Crippen molar-refractivity contribution in [2.24, 2.45) is 5.10 Å². The minimum atomic E-state index is -1.13. The number of hydrogen-bond donors (Lipinski definition) is 0. The Balaban J connectivity index is 1.88. The zero-order valence-electron chi connectivity index (χ0n) is 17.4. The Morgan fingerprint density at radius 1 is 1.09 bits per heavy atom. The van der Waals surface area contributed by atoms with Crippen molar-refractivity contribution in [3.05, 3.63) is 69.7 Å². The Morgan fingerprint density at radius 2 is 1.81 bits per heavy atom. The fourth-order valence-electron chi connectivity index (χ4n) is 3.50. The molecular formula is C23H18Cl2N2O5. The van der Waals surface area contributed by atoms with E-state index in [0.717, 1.165) is 15.8 Å². The zero-order chi connectivity index (χ0) is 23.0. The highest BCUT2D eigenvalue weighted by atomic mass is 35.5. The number of carbonyl (C=O) groups is 2. The van der Waals surface area contributed by atoms with Crippen molar-refractivity contribution in [2.45, 2.75) is 20.1 Å². The van der Waals surface area contributed by atoms with Crippen LogP contribution >= 0.6 is 23.2 Å². The average Bonchev–Trinajstić information content (AvgIpc) is 3.20. The highest BCUT2D eigenvalue weighted by molar-refractivity contribution is 6.42. The minimum Gasteiger partial charge on any atom is -0.493 e. The van der Waals surface area contributed by atoms with Crippen LogP contribution in [0.1, 0.15) is 31.2 Å². The number of benzene rings is 3. The van der Waals surface area contributed by atoms with Crippen molar-refractivity contribution in [3.63, 3.8) is 0 Å². The summed E-state index contributed by atoms with van der Waals surface area (Å²) in [6, 6.07) is 14.8. The Hall–Kier alpha value is -3.29. The molecule has 3 aromatic rings. The van der Waals surface area contributed by atoms with Crippen LogP contribution in [0.4, 0.5) is 0 Å². The van der Waals surface area contributed by atoms with E-state index in [1.54, 1.807) is 0 Å². The van der Waals surface area contributed by atoms with Crippen LogP contribution in [0.25, 0.3) is 10.8 Å². The normalized spacial score (nSPS) is 15.3. The first kappa shape index (κ1) is 21.9. The van der Waals surface area contributed by atoms with Gasteiger partial charge in [0.25, 0.3) is 0 Å². The third kappa shape index (κ3) is 3.85. The summed E-state index contributed by atoms with van der Waals surface area (Å²) in [7, 11) is 1.40. The van der Waals surface area contributed by atoms with Gasteiger partial charge < -0.3 is 14.2 Å². The molecule has 0 aliphatic carbocycles. The molecule has 1 unspecified atom stereocenters. The van der Waals surface area contributed by atoms with E-state index < -0.39 is 18.1 Å². The SMILES string of the molecule is COc1cc(Cl)c(Cl)c(C2OC(c3cccc4ccccc34)=NN2C(C)=O)c1OC(C)=O. The van der Waals surface area contributed by atoms with Crippen molar-refractivity contribution in [3.8, 4) is 11.5 Å². The third-order valence-corrected chi connectivity index (χ3v) is 5.67. The molecule has 0 saturated carbocycles. The molecule has 164 valence electrons. The average molecular weight is 473 g/mol. The number of hydrazone groups is 1. The van der Waals surface area contributed by atoms with Crippen LogP contribution in [0.5, 0.6) is 11.5 Å². The molecule has 1 atom stereocenters. The lowest BCUT2D eigenvalue weighted by Crippen LogP contribution is -2.26.